The molecule has 152 valence electrons. The van der Waals surface area contributed by atoms with E-state index in [9.17, 15) is 9.59 Å². The van der Waals surface area contributed by atoms with Crippen LogP contribution < -0.4 is 11.1 Å². The fourth-order valence-electron chi connectivity index (χ4n) is 4.73. The third kappa shape index (κ3) is 3.12. The number of hydrogen-bond donors (Lipinski definition) is 0. The lowest BCUT2D eigenvalue weighted by Gasteiger charge is -2.28. The van der Waals surface area contributed by atoms with E-state index < -0.39 is 16.9 Å². The third-order valence-electron chi connectivity index (χ3n) is 6.33. The van der Waals surface area contributed by atoms with Gasteiger partial charge in [0.25, 0.3) is 0 Å². The van der Waals surface area contributed by atoms with Crippen LogP contribution in [0.1, 0.15) is 62.6 Å². The van der Waals surface area contributed by atoms with Gasteiger partial charge in [-0.1, -0.05) is 6.92 Å². The highest BCUT2D eigenvalue weighted by molar-refractivity contribution is 5.83. The molecule has 2 unspecified atom stereocenters. The van der Waals surface area contributed by atoms with Crippen LogP contribution in [0.25, 0.3) is 11.0 Å². The van der Waals surface area contributed by atoms with Crippen molar-refractivity contribution in [1.82, 2.24) is 9.13 Å². The maximum Gasteiger partial charge on any atom is 0.316 e. The molecule has 6 heteroatoms. The average molecular weight is 386 g/mol. The Hall–Kier alpha value is -1.92. The number of nitrogens with zero attached hydrogens (tertiary/aromatic N) is 2. The van der Waals surface area contributed by atoms with Crippen molar-refractivity contribution < 1.29 is 9.47 Å². The summed E-state index contributed by atoms with van der Waals surface area (Å²) in [5.41, 5.74) is 4.65. The molecule has 2 aromatic rings. The molecule has 0 N–H and O–H groups in total. The van der Waals surface area contributed by atoms with Crippen molar-refractivity contribution in [1.29, 1.82) is 0 Å². The van der Waals surface area contributed by atoms with Gasteiger partial charge in [-0.05, 0) is 75.6 Å². The van der Waals surface area contributed by atoms with Crippen LogP contribution in [0.4, 0.5) is 0 Å². The van der Waals surface area contributed by atoms with Crippen LogP contribution >= 0.6 is 0 Å². The van der Waals surface area contributed by atoms with Gasteiger partial charge >= 0.3 is 11.1 Å². The molecule has 3 heterocycles. The molecule has 2 aliphatic heterocycles. The zero-order chi connectivity index (χ0) is 20.2. The van der Waals surface area contributed by atoms with E-state index in [0.717, 1.165) is 30.3 Å². The predicted molar refractivity (Wildman–Crippen MR) is 109 cm³/mol. The van der Waals surface area contributed by atoms with Crippen LogP contribution in [0, 0.1) is 13.8 Å². The highest BCUT2D eigenvalue weighted by Gasteiger charge is 2.32. The maximum absolute atomic E-state index is 12.9. The van der Waals surface area contributed by atoms with Crippen LogP contribution in [0.15, 0.2) is 15.7 Å². The molecule has 2 atom stereocenters. The van der Waals surface area contributed by atoms with E-state index in [0.29, 0.717) is 25.6 Å². The average Bonchev–Trinajstić information content (AvgIpc) is 2.99. The summed E-state index contributed by atoms with van der Waals surface area (Å²) in [6, 6.07) is 2.07. The molecular weight excluding hydrogens is 356 g/mol. The molecule has 2 aliphatic rings. The van der Waals surface area contributed by atoms with Crippen molar-refractivity contribution >= 4 is 11.0 Å². The van der Waals surface area contributed by atoms with Crippen molar-refractivity contribution in [3.63, 3.8) is 0 Å². The first-order valence-electron chi connectivity index (χ1n) is 10.3. The van der Waals surface area contributed by atoms with Gasteiger partial charge in [0.1, 0.15) is 0 Å². The Kier molecular flexibility index (Phi) is 4.74. The molecule has 0 amide bonds. The van der Waals surface area contributed by atoms with Gasteiger partial charge in [0.2, 0.25) is 0 Å². The molecule has 0 radical (unpaired) electrons. The van der Waals surface area contributed by atoms with Crippen LogP contribution in [0.5, 0.6) is 0 Å². The lowest BCUT2D eigenvalue weighted by molar-refractivity contribution is -0.139. The summed E-state index contributed by atoms with van der Waals surface area (Å²) in [6.07, 6.45) is 2.50. The summed E-state index contributed by atoms with van der Waals surface area (Å²) in [7, 11) is 0. The summed E-state index contributed by atoms with van der Waals surface area (Å²) in [4.78, 5) is 25.7. The Balaban J connectivity index is 1.73. The molecular formula is C22H30N2O4. The van der Waals surface area contributed by atoms with Gasteiger partial charge in [-0.3, -0.25) is 9.59 Å². The summed E-state index contributed by atoms with van der Waals surface area (Å²) in [6.45, 7) is 12.0. The van der Waals surface area contributed by atoms with E-state index in [1.165, 1.54) is 16.7 Å². The Bertz CT molecular complexity index is 1050. The molecule has 0 spiro atoms. The first kappa shape index (κ1) is 19.4. The number of benzene rings is 1. The van der Waals surface area contributed by atoms with Crippen LogP contribution in [0.2, 0.25) is 0 Å². The molecule has 4 rings (SSSR count). The minimum atomic E-state index is -0.536. The standard InChI is InChI=1S/C22H30N2O4/c1-13-8-10-24-19-17(11-14(2)15(3)18(13)19)23(20(25)21(24)26)9-6-7-16-12-27-22(4,5)28-16/h11,13,16H,6-10,12H2,1-5H3. The van der Waals surface area contributed by atoms with Crippen molar-refractivity contribution in [2.24, 2.45) is 0 Å². The van der Waals surface area contributed by atoms with Crippen LogP contribution in [-0.4, -0.2) is 27.6 Å². The first-order valence-corrected chi connectivity index (χ1v) is 10.3. The van der Waals surface area contributed by atoms with Gasteiger partial charge in [-0.2, -0.15) is 0 Å². The van der Waals surface area contributed by atoms with Gasteiger partial charge in [0.15, 0.2) is 5.79 Å². The molecule has 1 fully saturated rings. The predicted octanol–water partition coefficient (Wildman–Crippen LogP) is 3.22. The van der Waals surface area contributed by atoms with E-state index in [2.05, 4.69) is 26.8 Å². The Morgan fingerprint density at radius 1 is 1.21 bits per heavy atom. The summed E-state index contributed by atoms with van der Waals surface area (Å²) >= 11 is 0. The number of rotatable bonds is 4. The van der Waals surface area contributed by atoms with E-state index in [4.69, 9.17) is 9.47 Å². The Morgan fingerprint density at radius 3 is 2.64 bits per heavy atom. The van der Waals surface area contributed by atoms with E-state index in [1.54, 1.807) is 9.13 Å². The quantitative estimate of drug-likeness (QED) is 0.757. The van der Waals surface area contributed by atoms with Crippen molar-refractivity contribution in [2.45, 2.75) is 84.8 Å². The smallest absolute Gasteiger partial charge is 0.316 e. The maximum atomic E-state index is 12.9. The Morgan fingerprint density at radius 2 is 1.96 bits per heavy atom. The Labute approximate surface area is 165 Å². The SMILES string of the molecule is Cc1cc2c3c(c1C)C(C)CCn3c(=O)c(=O)n2CCCC1COC(C)(C)O1. The third-order valence-corrected chi connectivity index (χ3v) is 6.33. The zero-order valence-corrected chi connectivity index (χ0v) is 17.5. The fourth-order valence-corrected chi connectivity index (χ4v) is 4.73. The van der Waals surface area contributed by atoms with Crippen molar-refractivity contribution in [2.75, 3.05) is 6.61 Å². The van der Waals surface area contributed by atoms with Crippen LogP contribution in [0.3, 0.4) is 0 Å². The number of hydrogen-bond acceptors (Lipinski definition) is 4. The monoisotopic (exact) mass is 386 g/mol. The molecule has 28 heavy (non-hydrogen) atoms. The van der Waals surface area contributed by atoms with Gasteiger partial charge in [-0.15, -0.1) is 0 Å². The second-order valence-electron chi connectivity index (χ2n) is 8.80. The number of aryl methyl sites for hydroxylation is 3. The first-order chi connectivity index (χ1) is 13.2. The topological polar surface area (TPSA) is 62.5 Å². The van der Waals surface area contributed by atoms with Gasteiger partial charge in [0.05, 0.1) is 23.7 Å². The molecule has 1 aromatic heterocycles. The van der Waals surface area contributed by atoms with Gasteiger partial charge in [-0.25, -0.2) is 0 Å². The number of ether oxygens (including phenoxy) is 2. The second-order valence-corrected chi connectivity index (χ2v) is 8.80. The minimum absolute atomic E-state index is 0.0378. The van der Waals surface area contributed by atoms with E-state index in [1.807, 2.05) is 13.8 Å². The van der Waals surface area contributed by atoms with E-state index >= 15 is 0 Å². The highest BCUT2D eigenvalue weighted by Crippen LogP contribution is 2.35. The van der Waals surface area contributed by atoms with Gasteiger partial charge < -0.3 is 18.6 Å². The zero-order valence-electron chi connectivity index (χ0n) is 17.5. The lowest BCUT2D eigenvalue weighted by Crippen LogP contribution is -2.43. The molecule has 6 nitrogen and oxygen atoms in total. The molecule has 0 bridgehead atoms. The minimum Gasteiger partial charge on any atom is -0.348 e. The number of aromatic nitrogens is 2. The van der Waals surface area contributed by atoms with E-state index in [-0.39, 0.29) is 6.10 Å². The fraction of sp³-hybridized carbons (Fsp3) is 0.636. The van der Waals surface area contributed by atoms with Gasteiger partial charge in [0, 0.05) is 13.1 Å². The molecule has 1 aromatic carbocycles. The molecule has 0 saturated carbocycles. The molecule has 0 aliphatic carbocycles. The summed E-state index contributed by atoms with van der Waals surface area (Å²) < 4.78 is 14.9. The normalized spacial score (nSPS) is 23.5. The van der Waals surface area contributed by atoms with Crippen LogP contribution in [-0.2, 0) is 22.6 Å². The van der Waals surface area contributed by atoms with Crippen molar-refractivity contribution in [3.05, 3.63) is 43.5 Å². The lowest BCUT2D eigenvalue weighted by atomic mass is 9.87. The highest BCUT2D eigenvalue weighted by atomic mass is 16.7. The molecule has 1 saturated heterocycles. The largest absolute Gasteiger partial charge is 0.348 e. The van der Waals surface area contributed by atoms with Crippen molar-refractivity contribution in [3.8, 4) is 0 Å². The second kappa shape index (κ2) is 6.85. The summed E-state index contributed by atoms with van der Waals surface area (Å²) in [5.74, 6) is -0.148. The summed E-state index contributed by atoms with van der Waals surface area (Å²) in [5, 5.41) is 0.